The molecule has 0 aliphatic rings. The van der Waals surface area contributed by atoms with Gasteiger partial charge in [0.05, 0.1) is 13.2 Å². The van der Waals surface area contributed by atoms with E-state index in [1.165, 1.54) is 0 Å². The SMILES string of the molecule is CC(C)N(CCOCCNC(=O)c1cccc(Cl)n1)C(=O)c1cccc(Cl)n1. The van der Waals surface area contributed by atoms with Crippen LogP contribution >= 0.6 is 23.2 Å². The minimum absolute atomic E-state index is 0.0227. The number of hydrogen-bond donors (Lipinski definition) is 1. The minimum Gasteiger partial charge on any atom is -0.378 e. The van der Waals surface area contributed by atoms with Gasteiger partial charge in [-0.25, -0.2) is 9.97 Å². The number of halogens is 2. The monoisotopic (exact) mass is 424 g/mol. The van der Waals surface area contributed by atoms with E-state index in [2.05, 4.69) is 15.3 Å². The molecule has 2 aromatic rings. The van der Waals surface area contributed by atoms with E-state index in [-0.39, 0.29) is 33.9 Å². The summed E-state index contributed by atoms with van der Waals surface area (Å²) in [4.78, 5) is 34.2. The first kappa shape index (κ1) is 22.1. The Bertz CT molecular complexity index is 817. The Hall–Kier alpha value is -2.22. The van der Waals surface area contributed by atoms with Crippen molar-refractivity contribution < 1.29 is 14.3 Å². The van der Waals surface area contributed by atoms with E-state index in [4.69, 9.17) is 27.9 Å². The molecule has 28 heavy (non-hydrogen) atoms. The zero-order valence-corrected chi connectivity index (χ0v) is 17.2. The molecule has 2 rings (SSSR count). The largest absolute Gasteiger partial charge is 0.378 e. The van der Waals surface area contributed by atoms with Crippen LogP contribution in [0.4, 0.5) is 0 Å². The number of nitrogens with zero attached hydrogens (tertiary/aromatic N) is 3. The zero-order chi connectivity index (χ0) is 20.5. The van der Waals surface area contributed by atoms with Crippen LogP contribution in [-0.4, -0.2) is 59.0 Å². The van der Waals surface area contributed by atoms with Gasteiger partial charge >= 0.3 is 0 Å². The molecule has 0 fully saturated rings. The molecular formula is C19H22Cl2N4O3. The molecule has 9 heteroatoms. The summed E-state index contributed by atoms with van der Waals surface area (Å²) in [6.45, 7) is 5.19. The Kier molecular flexibility index (Phi) is 8.63. The van der Waals surface area contributed by atoms with Gasteiger partial charge < -0.3 is 15.0 Å². The highest BCUT2D eigenvalue weighted by atomic mass is 35.5. The van der Waals surface area contributed by atoms with Gasteiger partial charge in [0, 0.05) is 19.1 Å². The van der Waals surface area contributed by atoms with Gasteiger partial charge in [0.1, 0.15) is 21.7 Å². The van der Waals surface area contributed by atoms with Crippen LogP contribution < -0.4 is 5.32 Å². The smallest absolute Gasteiger partial charge is 0.272 e. The summed E-state index contributed by atoms with van der Waals surface area (Å²) in [6.07, 6.45) is 0. The summed E-state index contributed by atoms with van der Waals surface area (Å²) in [6, 6.07) is 9.76. The van der Waals surface area contributed by atoms with Crippen molar-refractivity contribution in [2.75, 3.05) is 26.3 Å². The number of ether oxygens (including phenoxy) is 1. The van der Waals surface area contributed by atoms with Gasteiger partial charge in [-0.3, -0.25) is 9.59 Å². The van der Waals surface area contributed by atoms with Gasteiger partial charge in [-0.2, -0.15) is 0 Å². The molecule has 0 unspecified atom stereocenters. The number of rotatable bonds is 9. The Labute approximate surface area is 174 Å². The van der Waals surface area contributed by atoms with Crippen LogP contribution in [0.1, 0.15) is 34.8 Å². The number of amides is 2. The molecule has 2 aromatic heterocycles. The molecule has 0 atom stereocenters. The Morgan fingerprint density at radius 3 is 2.25 bits per heavy atom. The summed E-state index contributed by atoms with van der Waals surface area (Å²) < 4.78 is 5.53. The second-order valence-corrected chi connectivity index (χ2v) is 6.93. The molecule has 0 bridgehead atoms. The molecule has 0 saturated carbocycles. The van der Waals surface area contributed by atoms with Crippen LogP contribution in [0, 0.1) is 0 Å². The highest BCUT2D eigenvalue weighted by Gasteiger charge is 2.19. The van der Waals surface area contributed by atoms with E-state index in [1.54, 1.807) is 41.3 Å². The van der Waals surface area contributed by atoms with Crippen molar-refractivity contribution in [3.8, 4) is 0 Å². The highest BCUT2D eigenvalue weighted by Crippen LogP contribution is 2.10. The first-order valence-corrected chi connectivity index (χ1v) is 9.56. The number of pyridine rings is 2. The topological polar surface area (TPSA) is 84.4 Å². The fourth-order valence-electron chi connectivity index (χ4n) is 2.40. The van der Waals surface area contributed by atoms with Crippen LogP contribution in [0.25, 0.3) is 0 Å². The third-order valence-corrected chi connectivity index (χ3v) is 4.20. The lowest BCUT2D eigenvalue weighted by atomic mass is 10.2. The lowest BCUT2D eigenvalue weighted by molar-refractivity contribution is 0.0573. The van der Waals surface area contributed by atoms with E-state index in [0.717, 1.165) is 0 Å². The van der Waals surface area contributed by atoms with Crippen LogP contribution in [0.2, 0.25) is 10.3 Å². The second-order valence-electron chi connectivity index (χ2n) is 6.15. The lowest BCUT2D eigenvalue weighted by Gasteiger charge is -2.26. The average molecular weight is 425 g/mol. The van der Waals surface area contributed by atoms with Gasteiger partial charge in [0.2, 0.25) is 0 Å². The first-order chi connectivity index (χ1) is 13.4. The molecule has 0 aliphatic heterocycles. The molecule has 7 nitrogen and oxygen atoms in total. The second kappa shape index (κ2) is 10.9. The quantitative estimate of drug-likeness (QED) is 0.493. The van der Waals surface area contributed by atoms with E-state index < -0.39 is 0 Å². The van der Waals surface area contributed by atoms with Crippen molar-refractivity contribution in [1.29, 1.82) is 0 Å². The van der Waals surface area contributed by atoms with Crippen LogP contribution in [-0.2, 0) is 4.74 Å². The highest BCUT2D eigenvalue weighted by molar-refractivity contribution is 6.29. The first-order valence-electron chi connectivity index (χ1n) is 8.80. The van der Waals surface area contributed by atoms with E-state index in [9.17, 15) is 9.59 Å². The van der Waals surface area contributed by atoms with Crippen LogP contribution in [0.15, 0.2) is 36.4 Å². The van der Waals surface area contributed by atoms with Gasteiger partial charge in [-0.15, -0.1) is 0 Å². The van der Waals surface area contributed by atoms with Crippen molar-refractivity contribution in [3.05, 3.63) is 58.1 Å². The average Bonchev–Trinajstić information content (AvgIpc) is 2.66. The van der Waals surface area contributed by atoms with Crippen LogP contribution in [0.3, 0.4) is 0 Å². The molecule has 0 radical (unpaired) electrons. The number of carbonyl (C=O) groups excluding carboxylic acids is 2. The lowest BCUT2D eigenvalue weighted by Crippen LogP contribution is -2.40. The normalized spacial score (nSPS) is 10.8. The summed E-state index contributed by atoms with van der Waals surface area (Å²) in [5.74, 6) is -0.529. The Balaban J connectivity index is 1.74. The number of aromatic nitrogens is 2. The van der Waals surface area contributed by atoms with Gasteiger partial charge in [0.25, 0.3) is 11.8 Å². The van der Waals surface area contributed by atoms with Gasteiger partial charge in [-0.1, -0.05) is 35.3 Å². The van der Waals surface area contributed by atoms with E-state index in [1.807, 2.05) is 13.8 Å². The summed E-state index contributed by atoms with van der Waals surface area (Å²) >= 11 is 11.6. The molecule has 150 valence electrons. The maximum atomic E-state index is 12.6. The molecule has 0 aromatic carbocycles. The zero-order valence-electron chi connectivity index (χ0n) is 15.7. The molecular weight excluding hydrogens is 403 g/mol. The molecule has 2 amide bonds. The van der Waals surface area contributed by atoms with E-state index >= 15 is 0 Å². The van der Waals surface area contributed by atoms with Crippen molar-refractivity contribution in [1.82, 2.24) is 20.2 Å². The third-order valence-electron chi connectivity index (χ3n) is 3.77. The third kappa shape index (κ3) is 6.74. The Morgan fingerprint density at radius 1 is 1.04 bits per heavy atom. The molecule has 1 N–H and O–H groups in total. The maximum absolute atomic E-state index is 12.6. The summed E-state index contributed by atoms with van der Waals surface area (Å²) in [5.41, 5.74) is 0.542. The summed E-state index contributed by atoms with van der Waals surface area (Å²) in [5, 5.41) is 3.24. The molecule has 0 saturated heterocycles. The predicted octanol–water partition coefficient (Wildman–Crippen LogP) is 3.08. The fourth-order valence-corrected chi connectivity index (χ4v) is 2.72. The Morgan fingerprint density at radius 2 is 1.64 bits per heavy atom. The van der Waals surface area contributed by atoms with Crippen molar-refractivity contribution >= 4 is 35.0 Å². The van der Waals surface area contributed by atoms with E-state index in [0.29, 0.717) is 32.0 Å². The number of nitrogens with one attached hydrogen (secondary N) is 1. The predicted molar refractivity (Wildman–Crippen MR) is 108 cm³/mol. The van der Waals surface area contributed by atoms with Crippen molar-refractivity contribution in [2.24, 2.45) is 0 Å². The molecule has 0 spiro atoms. The fraction of sp³-hybridized carbons (Fsp3) is 0.368. The number of hydrogen-bond acceptors (Lipinski definition) is 5. The van der Waals surface area contributed by atoms with Crippen LogP contribution in [0.5, 0.6) is 0 Å². The number of carbonyl (C=O) groups is 2. The van der Waals surface area contributed by atoms with Crippen molar-refractivity contribution in [3.63, 3.8) is 0 Å². The molecule has 2 heterocycles. The van der Waals surface area contributed by atoms with Gasteiger partial charge in [-0.05, 0) is 38.1 Å². The minimum atomic E-state index is -0.322. The molecule has 0 aliphatic carbocycles. The van der Waals surface area contributed by atoms with Gasteiger partial charge in [0.15, 0.2) is 0 Å². The summed E-state index contributed by atoms with van der Waals surface area (Å²) in [7, 11) is 0. The van der Waals surface area contributed by atoms with Crippen molar-refractivity contribution in [2.45, 2.75) is 19.9 Å². The maximum Gasteiger partial charge on any atom is 0.272 e. The standard InChI is InChI=1S/C19H22Cl2N4O3/c1-13(2)25(19(27)15-6-4-8-17(21)24-15)10-12-28-11-9-22-18(26)14-5-3-7-16(20)23-14/h3-8,13H,9-12H2,1-2H3,(H,22,26).